The average molecular weight is 888 g/mol. The first-order chi connectivity index (χ1) is 28.7. The molecule has 0 amide bonds. The fourth-order valence-corrected chi connectivity index (χ4v) is 8.54. The molecule has 2 saturated heterocycles. The maximum Gasteiger partial charge on any atom is 0.176 e. The van der Waals surface area contributed by atoms with E-state index in [1.165, 1.54) is 0 Å². The van der Waals surface area contributed by atoms with Crippen LogP contribution in [0.1, 0.15) is 26.7 Å². The first-order valence-corrected chi connectivity index (χ1v) is 21.2. The monoisotopic (exact) mass is 888 g/mol. The fourth-order valence-electron chi connectivity index (χ4n) is 8.54. The molecule has 4 aliphatic rings. The van der Waals surface area contributed by atoms with Crippen LogP contribution in [0, 0.1) is 5.92 Å². The molecule has 0 aromatic heterocycles. The van der Waals surface area contributed by atoms with Crippen LogP contribution in [0.15, 0.2) is 0 Å². The van der Waals surface area contributed by atoms with Crippen molar-refractivity contribution in [3.8, 4) is 0 Å². The van der Waals surface area contributed by atoms with Gasteiger partial charge in [-0.05, 0) is 39.8 Å². The average Bonchev–Trinajstić information content (AvgIpc) is 3.21. The highest BCUT2D eigenvalue weighted by Gasteiger charge is 2.50. The lowest BCUT2D eigenvalue weighted by Crippen LogP contribution is -2.68. The van der Waals surface area contributed by atoms with Crippen LogP contribution in [-0.4, -0.2) is 252 Å². The van der Waals surface area contributed by atoms with E-state index in [1.54, 1.807) is 23.9 Å². The Balaban J connectivity index is 1.30. The van der Waals surface area contributed by atoms with Crippen molar-refractivity contribution in [3.63, 3.8) is 0 Å². The second kappa shape index (κ2) is 24.0. The SMILES string of the molecule is CCOC(CN(C)C[C@H](O)COC1C(O)C(N)CC(N)C1OC1OC(CN)C(O)C(O)C1N)N(C)C[C@H](O)COC1C(O)C(C)CC(N)C1OC1OC(CN)C(O)C(O)C1N. The summed E-state index contributed by atoms with van der Waals surface area (Å²) in [6.45, 7) is 3.74. The first-order valence-electron chi connectivity index (χ1n) is 21.2. The molecule has 360 valence electrons. The van der Waals surface area contributed by atoms with E-state index in [1.807, 2.05) is 13.8 Å². The molecule has 0 spiro atoms. The van der Waals surface area contributed by atoms with Gasteiger partial charge in [-0.2, -0.15) is 0 Å². The van der Waals surface area contributed by atoms with Crippen molar-refractivity contribution in [2.24, 2.45) is 46.1 Å². The lowest BCUT2D eigenvalue weighted by atomic mass is 9.80. The Hall–Kier alpha value is -0.960. The van der Waals surface area contributed by atoms with Gasteiger partial charge in [0.1, 0.15) is 67.3 Å². The van der Waals surface area contributed by atoms with Crippen LogP contribution >= 0.6 is 0 Å². The standard InChI is InChI=1S/C37H77N9O15/c1-5-55-23(46(4)11-17(48)14-56-34-26(49)15(2)6-19(41)32(34)60-36-24(43)30(53)28(51)21(8-38)58-36)12-45(3)10-16(47)13-57-35-27(50)18(40)7-20(42)33(35)61-37-25(44)31(54)29(52)22(9-39)59-37/h15-37,47-54H,5-14,38-44H2,1-4H3/t15?,16-,17-,18?,19?,20?,21?,22?,23?,24?,25?,26?,27?,28?,29?,30?,31?,32?,33?,34?,35?,36?,37?/m0/s1. The maximum atomic E-state index is 11.2. The minimum absolute atomic E-state index is 0.0802. The van der Waals surface area contributed by atoms with Crippen molar-refractivity contribution in [2.75, 3.05) is 66.6 Å². The quantitative estimate of drug-likeness (QED) is 0.0476. The van der Waals surface area contributed by atoms with Crippen LogP contribution in [0.4, 0.5) is 0 Å². The molecule has 23 atom stereocenters. The minimum Gasteiger partial charge on any atom is -0.390 e. The molecule has 22 N–H and O–H groups in total. The fraction of sp³-hybridized carbons (Fsp3) is 1.00. The number of hydrogen-bond acceptors (Lipinski definition) is 24. The second-order valence-corrected chi connectivity index (χ2v) is 17.3. The van der Waals surface area contributed by atoms with Crippen LogP contribution < -0.4 is 40.1 Å². The van der Waals surface area contributed by atoms with Gasteiger partial charge in [-0.1, -0.05) is 6.92 Å². The van der Waals surface area contributed by atoms with Crippen LogP contribution in [-0.2, 0) is 33.2 Å². The van der Waals surface area contributed by atoms with Crippen LogP contribution in [0.25, 0.3) is 0 Å². The van der Waals surface area contributed by atoms with Crippen molar-refractivity contribution in [1.82, 2.24) is 9.80 Å². The van der Waals surface area contributed by atoms with Gasteiger partial charge in [0.05, 0.1) is 49.7 Å². The van der Waals surface area contributed by atoms with Crippen molar-refractivity contribution < 1.29 is 74.0 Å². The Morgan fingerprint density at radius 3 is 1.54 bits per heavy atom. The molecule has 21 unspecified atom stereocenters. The Labute approximate surface area is 357 Å². The first kappa shape index (κ1) is 52.7. The maximum absolute atomic E-state index is 11.2. The van der Waals surface area contributed by atoms with Gasteiger partial charge in [0.25, 0.3) is 0 Å². The number of nitrogens with zero attached hydrogens (tertiary/aromatic N) is 2. The Morgan fingerprint density at radius 2 is 1.07 bits per heavy atom. The predicted octanol–water partition coefficient (Wildman–Crippen LogP) is -8.91. The van der Waals surface area contributed by atoms with E-state index in [-0.39, 0.29) is 58.3 Å². The summed E-state index contributed by atoms with van der Waals surface area (Å²) in [5, 5.41) is 85.9. The molecule has 0 aromatic carbocycles. The summed E-state index contributed by atoms with van der Waals surface area (Å²) in [4.78, 5) is 3.58. The van der Waals surface area contributed by atoms with E-state index in [0.29, 0.717) is 13.0 Å². The molecule has 2 aliphatic heterocycles. The Kier molecular flexibility index (Phi) is 20.7. The molecule has 0 bridgehead atoms. The smallest absolute Gasteiger partial charge is 0.176 e. The number of hydrogen-bond donors (Lipinski definition) is 15. The highest BCUT2D eigenvalue weighted by molar-refractivity contribution is 5.01. The van der Waals surface area contributed by atoms with Crippen LogP contribution in [0.5, 0.6) is 0 Å². The van der Waals surface area contributed by atoms with Crippen LogP contribution in [0.2, 0.25) is 0 Å². The van der Waals surface area contributed by atoms with E-state index in [9.17, 15) is 40.9 Å². The Morgan fingerprint density at radius 1 is 0.607 bits per heavy atom. The summed E-state index contributed by atoms with van der Waals surface area (Å²) in [6, 6.07) is -4.43. The van der Waals surface area contributed by atoms with Crippen molar-refractivity contribution >= 4 is 0 Å². The zero-order valence-corrected chi connectivity index (χ0v) is 35.7. The Bertz CT molecular complexity index is 1280. The molecule has 61 heavy (non-hydrogen) atoms. The van der Waals surface area contributed by atoms with E-state index in [2.05, 4.69) is 0 Å². The largest absolute Gasteiger partial charge is 0.390 e. The van der Waals surface area contributed by atoms with E-state index < -0.39 is 134 Å². The van der Waals surface area contributed by atoms with Crippen molar-refractivity contribution in [3.05, 3.63) is 0 Å². The highest BCUT2D eigenvalue weighted by atomic mass is 16.7. The van der Waals surface area contributed by atoms with Gasteiger partial charge in [0, 0.05) is 57.5 Å². The molecule has 0 radical (unpaired) electrons. The van der Waals surface area contributed by atoms with Gasteiger partial charge in [0.2, 0.25) is 0 Å². The van der Waals surface area contributed by atoms with Gasteiger partial charge >= 0.3 is 0 Å². The second-order valence-electron chi connectivity index (χ2n) is 17.3. The summed E-state index contributed by atoms with van der Waals surface area (Å²) >= 11 is 0. The third kappa shape index (κ3) is 13.3. The molecule has 2 heterocycles. The number of nitrogens with two attached hydrogens (primary N) is 7. The molecule has 2 saturated carbocycles. The van der Waals surface area contributed by atoms with Gasteiger partial charge in [0.15, 0.2) is 12.6 Å². The summed E-state index contributed by atoms with van der Waals surface area (Å²) in [5.74, 6) is -0.272. The molecule has 2 aliphatic carbocycles. The van der Waals surface area contributed by atoms with Gasteiger partial charge in [-0.15, -0.1) is 0 Å². The number of likely N-dealkylation sites (N-methyl/N-ethyl adjacent to an activating group) is 2. The van der Waals surface area contributed by atoms with Gasteiger partial charge in [-0.3, -0.25) is 9.80 Å². The molecular weight excluding hydrogens is 810 g/mol. The topological polar surface area (TPSA) is 415 Å². The molecule has 0 aromatic rings. The van der Waals surface area contributed by atoms with Gasteiger partial charge < -0.3 is 114 Å². The minimum atomic E-state index is -1.40. The molecule has 24 nitrogen and oxygen atoms in total. The summed E-state index contributed by atoms with van der Waals surface area (Å²) < 4.78 is 41.8. The highest BCUT2D eigenvalue weighted by Crippen LogP contribution is 2.32. The lowest BCUT2D eigenvalue weighted by molar-refractivity contribution is -0.293. The molecule has 4 fully saturated rings. The normalized spacial score (nSPS) is 44.0. The van der Waals surface area contributed by atoms with E-state index >= 15 is 0 Å². The van der Waals surface area contributed by atoms with E-state index in [4.69, 9.17) is 73.3 Å². The molecule has 24 heteroatoms. The number of rotatable bonds is 21. The summed E-state index contributed by atoms with van der Waals surface area (Å²) in [6.07, 6.45) is -18.3. The van der Waals surface area contributed by atoms with E-state index in [0.717, 1.165) is 0 Å². The van der Waals surface area contributed by atoms with Gasteiger partial charge in [-0.25, -0.2) is 0 Å². The number of aliphatic hydroxyl groups excluding tert-OH is 8. The van der Waals surface area contributed by atoms with Crippen molar-refractivity contribution in [1.29, 1.82) is 0 Å². The van der Waals surface area contributed by atoms with Crippen LogP contribution in [0.3, 0.4) is 0 Å². The van der Waals surface area contributed by atoms with Crippen molar-refractivity contribution in [2.45, 2.75) is 161 Å². The molecule has 4 rings (SSSR count). The zero-order valence-electron chi connectivity index (χ0n) is 35.7. The zero-order chi connectivity index (χ0) is 45.5. The lowest BCUT2D eigenvalue weighted by Gasteiger charge is -2.47. The summed E-state index contributed by atoms with van der Waals surface area (Å²) in [7, 11) is 3.51. The third-order valence-corrected chi connectivity index (χ3v) is 12.2. The number of ether oxygens (including phenoxy) is 7. The molecular formula is C37H77N9O15. The predicted molar refractivity (Wildman–Crippen MR) is 217 cm³/mol. The summed E-state index contributed by atoms with van der Waals surface area (Å²) in [5.41, 5.74) is 42.7. The number of aliphatic hydroxyl groups is 8. The third-order valence-electron chi connectivity index (χ3n) is 12.2.